The van der Waals surface area contributed by atoms with Crippen LogP contribution in [-0.4, -0.2) is 28.5 Å². The zero-order valence-corrected chi connectivity index (χ0v) is 20.4. The van der Waals surface area contributed by atoms with Crippen LogP contribution in [0.4, 0.5) is 5.82 Å². The first-order valence-electron chi connectivity index (χ1n) is 11.0. The van der Waals surface area contributed by atoms with Gasteiger partial charge in [0.25, 0.3) is 0 Å². The van der Waals surface area contributed by atoms with E-state index in [0.717, 1.165) is 48.3 Å². The number of fused-ring (bicyclic) bond motifs is 1. The molecule has 1 aliphatic heterocycles. The van der Waals surface area contributed by atoms with E-state index in [1.807, 2.05) is 0 Å². The van der Waals surface area contributed by atoms with Crippen molar-refractivity contribution in [3.8, 4) is 5.69 Å². The minimum Gasteiger partial charge on any atom is -0.370 e. The van der Waals surface area contributed by atoms with Gasteiger partial charge in [0.15, 0.2) is 0 Å². The number of halogens is 1. The summed E-state index contributed by atoms with van der Waals surface area (Å²) in [4.78, 5) is 18.5. The summed E-state index contributed by atoms with van der Waals surface area (Å²) >= 11 is 3.62. The summed E-state index contributed by atoms with van der Waals surface area (Å²) in [7, 11) is 0. The molecule has 0 spiro atoms. The maximum atomic E-state index is 11.1. The third-order valence-electron chi connectivity index (χ3n) is 6.49. The number of hydrogen-bond donors (Lipinski definition) is 1. The molecule has 0 atom stereocenters. The Bertz CT molecular complexity index is 1120. The highest BCUT2D eigenvalue weighted by Gasteiger charge is 2.24. The second-order valence-corrected chi connectivity index (χ2v) is 9.90. The minimum atomic E-state index is -0.194. The Hall–Kier alpha value is -2.34. The number of aryl methyl sites for hydroxylation is 4. The molecule has 3 aromatic rings. The molecule has 0 bridgehead atoms. The normalized spacial score (nSPS) is 15.1. The number of anilines is 1. The maximum Gasteiger partial charge on any atom is 0.217 e. The lowest BCUT2D eigenvalue weighted by molar-refractivity contribution is -0.118. The predicted molar refractivity (Wildman–Crippen MR) is 131 cm³/mol. The molecule has 1 aromatic carbocycles. The molecule has 0 aliphatic carbocycles. The van der Waals surface area contributed by atoms with E-state index >= 15 is 0 Å². The molecule has 5 nitrogen and oxygen atoms in total. The SMILES string of the molecule is Cc1cc2c(c(C)cn2-c2c(C)cc(Br)cc2C)c(N2CCC(CCC(N)=O)CC2)n1. The Morgan fingerprint density at radius 3 is 2.35 bits per heavy atom. The highest BCUT2D eigenvalue weighted by Crippen LogP contribution is 2.36. The fourth-order valence-corrected chi connectivity index (χ4v) is 5.70. The zero-order valence-electron chi connectivity index (χ0n) is 18.8. The molecule has 1 saturated heterocycles. The van der Waals surface area contributed by atoms with E-state index in [1.54, 1.807) is 0 Å². The molecule has 1 fully saturated rings. The Morgan fingerprint density at radius 2 is 1.74 bits per heavy atom. The van der Waals surface area contributed by atoms with Gasteiger partial charge in [0, 0.05) is 41.3 Å². The van der Waals surface area contributed by atoms with Crippen molar-refractivity contribution >= 4 is 38.6 Å². The number of carbonyl (C=O) groups is 1. The third kappa shape index (κ3) is 4.36. The Kier molecular flexibility index (Phi) is 6.11. The summed E-state index contributed by atoms with van der Waals surface area (Å²) in [6.45, 7) is 10.5. The summed E-state index contributed by atoms with van der Waals surface area (Å²) < 4.78 is 3.44. The van der Waals surface area contributed by atoms with Crippen LogP contribution in [0.3, 0.4) is 0 Å². The number of rotatable bonds is 5. The number of carbonyl (C=O) groups excluding carboxylic acids is 1. The van der Waals surface area contributed by atoms with Gasteiger partial charge in [0.2, 0.25) is 5.91 Å². The third-order valence-corrected chi connectivity index (χ3v) is 6.95. The zero-order chi connectivity index (χ0) is 22.3. The van der Waals surface area contributed by atoms with E-state index in [9.17, 15) is 4.79 Å². The number of hydrogen-bond acceptors (Lipinski definition) is 3. The molecular formula is C25H31BrN4O. The highest BCUT2D eigenvalue weighted by molar-refractivity contribution is 9.10. The van der Waals surface area contributed by atoms with Crippen molar-refractivity contribution in [3.05, 3.63) is 51.3 Å². The molecule has 0 radical (unpaired) electrons. The van der Waals surface area contributed by atoms with Gasteiger partial charge in [-0.15, -0.1) is 0 Å². The second kappa shape index (κ2) is 8.65. The van der Waals surface area contributed by atoms with E-state index in [0.29, 0.717) is 12.3 Å². The second-order valence-electron chi connectivity index (χ2n) is 8.99. The van der Waals surface area contributed by atoms with Gasteiger partial charge in [-0.3, -0.25) is 4.79 Å². The van der Waals surface area contributed by atoms with Crippen molar-refractivity contribution in [1.82, 2.24) is 9.55 Å². The number of nitrogens with two attached hydrogens (primary N) is 1. The number of piperidine rings is 1. The molecule has 31 heavy (non-hydrogen) atoms. The van der Waals surface area contributed by atoms with Crippen LogP contribution in [0.5, 0.6) is 0 Å². The van der Waals surface area contributed by atoms with Crippen molar-refractivity contribution in [3.63, 3.8) is 0 Å². The largest absolute Gasteiger partial charge is 0.370 e. The lowest BCUT2D eigenvalue weighted by atomic mass is 9.92. The molecule has 0 unspecified atom stereocenters. The highest BCUT2D eigenvalue weighted by atomic mass is 79.9. The van der Waals surface area contributed by atoms with Crippen molar-refractivity contribution in [1.29, 1.82) is 0 Å². The summed E-state index contributed by atoms with van der Waals surface area (Å²) in [5.41, 5.74) is 12.6. The number of pyridine rings is 1. The van der Waals surface area contributed by atoms with E-state index < -0.39 is 0 Å². The van der Waals surface area contributed by atoms with Gasteiger partial charge < -0.3 is 15.2 Å². The van der Waals surface area contributed by atoms with Crippen LogP contribution >= 0.6 is 15.9 Å². The fourth-order valence-electron chi connectivity index (χ4n) is 5.01. The molecule has 1 amide bonds. The van der Waals surface area contributed by atoms with Crippen molar-refractivity contribution in [2.24, 2.45) is 11.7 Å². The van der Waals surface area contributed by atoms with Crippen LogP contribution in [0.25, 0.3) is 16.6 Å². The summed E-state index contributed by atoms with van der Waals surface area (Å²) in [6, 6.07) is 6.55. The van der Waals surface area contributed by atoms with Crippen LogP contribution in [0.15, 0.2) is 28.9 Å². The van der Waals surface area contributed by atoms with Crippen LogP contribution in [0.2, 0.25) is 0 Å². The van der Waals surface area contributed by atoms with E-state index in [1.165, 1.54) is 33.3 Å². The molecule has 0 saturated carbocycles. The Morgan fingerprint density at radius 1 is 1.10 bits per heavy atom. The van der Waals surface area contributed by atoms with Crippen molar-refractivity contribution in [2.45, 2.75) is 53.4 Å². The van der Waals surface area contributed by atoms with E-state index in [2.05, 4.69) is 77.5 Å². The Labute approximate surface area is 192 Å². The first kappa shape index (κ1) is 21.9. The number of aromatic nitrogens is 2. The molecule has 164 valence electrons. The topological polar surface area (TPSA) is 64.2 Å². The number of primary amides is 1. The summed E-state index contributed by atoms with van der Waals surface area (Å²) in [6.07, 6.45) is 5.80. The van der Waals surface area contributed by atoms with Crippen LogP contribution in [-0.2, 0) is 4.79 Å². The van der Waals surface area contributed by atoms with Gasteiger partial charge in [0.1, 0.15) is 5.82 Å². The van der Waals surface area contributed by atoms with Gasteiger partial charge in [0.05, 0.1) is 11.2 Å². The van der Waals surface area contributed by atoms with Crippen molar-refractivity contribution < 1.29 is 4.79 Å². The summed E-state index contributed by atoms with van der Waals surface area (Å²) in [5.74, 6) is 1.47. The molecule has 3 heterocycles. The maximum absolute atomic E-state index is 11.1. The van der Waals surface area contributed by atoms with Crippen LogP contribution in [0.1, 0.15) is 48.1 Å². The Balaban J connectivity index is 1.72. The predicted octanol–water partition coefficient (Wildman–Crippen LogP) is 5.50. The van der Waals surface area contributed by atoms with Gasteiger partial charge in [-0.05, 0) is 87.8 Å². The van der Waals surface area contributed by atoms with Crippen molar-refractivity contribution in [2.75, 3.05) is 18.0 Å². The van der Waals surface area contributed by atoms with E-state index in [4.69, 9.17) is 10.7 Å². The molecule has 1 aliphatic rings. The number of nitrogens with zero attached hydrogens (tertiary/aromatic N) is 3. The van der Waals surface area contributed by atoms with Gasteiger partial charge in [-0.2, -0.15) is 0 Å². The first-order chi connectivity index (χ1) is 14.7. The van der Waals surface area contributed by atoms with Gasteiger partial charge in [-0.25, -0.2) is 4.98 Å². The van der Waals surface area contributed by atoms with Gasteiger partial charge >= 0.3 is 0 Å². The van der Waals surface area contributed by atoms with Gasteiger partial charge in [-0.1, -0.05) is 15.9 Å². The molecule has 6 heteroatoms. The number of amides is 1. The molecular weight excluding hydrogens is 452 g/mol. The van der Waals surface area contributed by atoms with Crippen LogP contribution < -0.4 is 10.6 Å². The standard InChI is InChI=1S/C25H31BrN4O/c1-15-11-20(26)12-16(2)24(15)30-14-17(3)23-21(30)13-18(4)28-25(23)29-9-7-19(8-10-29)5-6-22(27)31/h11-14,19H,5-10H2,1-4H3,(H2,27,31). The quantitative estimate of drug-likeness (QED) is 0.521. The molecule has 4 rings (SSSR count). The monoisotopic (exact) mass is 482 g/mol. The van der Waals surface area contributed by atoms with E-state index in [-0.39, 0.29) is 5.91 Å². The fraction of sp³-hybridized carbons (Fsp3) is 0.440. The smallest absolute Gasteiger partial charge is 0.217 e. The number of benzene rings is 1. The molecule has 2 aromatic heterocycles. The lowest BCUT2D eigenvalue weighted by Gasteiger charge is -2.33. The minimum absolute atomic E-state index is 0.194. The average molecular weight is 483 g/mol. The average Bonchev–Trinajstić information content (AvgIpc) is 3.01. The molecule has 2 N–H and O–H groups in total. The van der Waals surface area contributed by atoms with Crippen LogP contribution in [0, 0.1) is 33.6 Å². The lowest BCUT2D eigenvalue weighted by Crippen LogP contribution is -2.34. The first-order valence-corrected chi connectivity index (χ1v) is 11.8. The summed E-state index contributed by atoms with van der Waals surface area (Å²) in [5, 5.41) is 1.24.